The number of fused-ring (bicyclic) bond motifs is 1. The van der Waals surface area contributed by atoms with Crippen molar-refractivity contribution in [3.8, 4) is 0 Å². The SMILES string of the molecule is CN1CCN(C(=O)C2CCN(c3nc4ccccc4o3)CC2)CC1. The normalized spacial score (nSPS) is 20.7. The molecular formula is C18H24N4O2. The average Bonchev–Trinajstić information content (AvgIpc) is 3.06. The molecule has 0 atom stereocenters. The van der Waals surface area contributed by atoms with Gasteiger partial charge in [-0.15, -0.1) is 0 Å². The van der Waals surface area contributed by atoms with E-state index >= 15 is 0 Å². The summed E-state index contributed by atoms with van der Waals surface area (Å²) in [4.78, 5) is 23.7. The van der Waals surface area contributed by atoms with Gasteiger partial charge >= 0.3 is 0 Å². The van der Waals surface area contributed by atoms with Gasteiger partial charge in [0, 0.05) is 45.2 Å². The third-order valence-electron chi connectivity index (χ3n) is 5.21. The first-order valence-corrected chi connectivity index (χ1v) is 8.78. The van der Waals surface area contributed by atoms with Gasteiger partial charge in [0.2, 0.25) is 5.91 Å². The molecule has 1 aromatic carbocycles. The lowest BCUT2D eigenvalue weighted by Gasteiger charge is -2.37. The van der Waals surface area contributed by atoms with Crippen molar-refractivity contribution in [2.45, 2.75) is 12.8 Å². The van der Waals surface area contributed by atoms with Crippen LogP contribution in [0.5, 0.6) is 0 Å². The topological polar surface area (TPSA) is 52.8 Å². The van der Waals surface area contributed by atoms with Gasteiger partial charge in [0.25, 0.3) is 6.01 Å². The van der Waals surface area contributed by atoms with Crippen LogP contribution in [-0.4, -0.2) is 67.0 Å². The summed E-state index contributed by atoms with van der Waals surface area (Å²) in [5, 5.41) is 0. The minimum absolute atomic E-state index is 0.147. The van der Waals surface area contributed by atoms with Gasteiger partial charge < -0.3 is 19.1 Å². The zero-order chi connectivity index (χ0) is 16.5. The fraction of sp³-hybridized carbons (Fsp3) is 0.556. The standard InChI is InChI=1S/C18H24N4O2/c1-20-10-12-21(13-11-20)17(23)14-6-8-22(9-7-14)18-19-15-4-2-3-5-16(15)24-18/h2-5,14H,6-13H2,1H3. The van der Waals surface area contributed by atoms with E-state index < -0.39 is 0 Å². The molecule has 0 saturated carbocycles. The van der Waals surface area contributed by atoms with Gasteiger partial charge in [-0.1, -0.05) is 12.1 Å². The highest BCUT2D eigenvalue weighted by Crippen LogP contribution is 2.27. The Bertz CT molecular complexity index is 680. The highest BCUT2D eigenvalue weighted by atomic mass is 16.4. The van der Waals surface area contributed by atoms with Gasteiger partial charge in [-0.25, -0.2) is 0 Å². The molecule has 1 amide bonds. The Balaban J connectivity index is 1.37. The van der Waals surface area contributed by atoms with Crippen molar-refractivity contribution in [3.63, 3.8) is 0 Å². The van der Waals surface area contributed by atoms with Crippen molar-refractivity contribution in [2.24, 2.45) is 5.92 Å². The van der Waals surface area contributed by atoms with Crippen molar-refractivity contribution in [3.05, 3.63) is 24.3 Å². The molecule has 0 N–H and O–H groups in total. The van der Waals surface area contributed by atoms with Crippen molar-refractivity contribution >= 4 is 23.0 Å². The van der Waals surface area contributed by atoms with Crippen LogP contribution >= 0.6 is 0 Å². The Hall–Kier alpha value is -2.08. The number of hydrogen-bond donors (Lipinski definition) is 0. The molecule has 4 rings (SSSR count). The number of anilines is 1. The van der Waals surface area contributed by atoms with Crippen molar-refractivity contribution < 1.29 is 9.21 Å². The smallest absolute Gasteiger partial charge is 0.298 e. The first-order chi connectivity index (χ1) is 11.7. The molecule has 2 aromatic rings. The zero-order valence-corrected chi connectivity index (χ0v) is 14.1. The van der Waals surface area contributed by atoms with E-state index in [9.17, 15) is 4.79 Å². The number of benzene rings is 1. The lowest BCUT2D eigenvalue weighted by atomic mass is 9.95. The molecule has 128 valence electrons. The molecule has 6 nitrogen and oxygen atoms in total. The second-order valence-electron chi connectivity index (χ2n) is 6.85. The predicted molar refractivity (Wildman–Crippen MR) is 93.0 cm³/mol. The largest absolute Gasteiger partial charge is 0.423 e. The second kappa shape index (κ2) is 6.43. The molecule has 2 saturated heterocycles. The number of piperidine rings is 1. The Morgan fingerprint density at radius 3 is 2.50 bits per heavy atom. The number of amides is 1. The lowest BCUT2D eigenvalue weighted by molar-refractivity contribution is -0.137. The molecule has 0 radical (unpaired) electrons. The maximum atomic E-state index is 12.7. The molecule has 0 bridgehead atoms. The number of para-hydroxylation sites is 2. The summed E-state index contributed by atoms with van der Waals surface area (Å²) < 4.78 is 5.85. The molecule has 1 aromatic heterocycles. The van der Waals surface area contributed by atoms with Gasteiger partial charge in [0.1, 0.15) is 5.52 Å². The maximum absolute atomic E-state index is 12.7. The monoisotopic (exact) mass is 328 g/mol. The van der Waals surface area contributed by atoms with E-state index in [1.807, 2.05) is 29.2 Å². The summed E-state index contributed by atoms with van der Waals surface area (Å²) in [6, 6.07) is 8.51. The summed E-state index contributed by atoms with van der Waals surface area (Å²) in [5.41, 5.74) is 1.71. The van der Waals surface area contributed by atoms with Crippen LogP contribution < -0.4 is 4.90 Å². The van der Waals surface area contributed by atoms with Crippen LogP contribution in [0.3, 0.4) is 0 Å². The first-order valence-electron chi connectivity index (χ1n) is 8.78. The summed E-state index contributed by atoms with van der Waals surface area (Å²) in [6.45, 7) is 5.34. The zero-order valence-electron chi connectivity index (χ0n) is 14.1. The Kier molecular flexibility index (Phi) is 4.14. The summed E-state index contributed by atoms with van der Waals surface area (Å²) >= 11 is 0. The second-order valence-corrected chi connectivity index (χ2v) is 6.85. The van der Waals surface area contributed by atoms with Crippen LogP contribution in [0.15, 0.2) is 28.7 Å². The van der Waals surface area contributed by atoms with Crippen molar-refractivity contribution in [1.29, 1.82) is 0 Å². The number of likely N-dealkylation sites (N-methyl/N-ethyl adjacent to an activating group) is 1. The molecule has 24 heavy (non-hydrogen) atoms. The number of carbonyl (C=O) groups is 1. The molecule has 2 aliphatic heterocycles. The number of hydrogen-bond acceptors (Lipinski definition) is 5. The van der Waals surface area contributed by atoms with E-state index in [0.717, 1.165) is 63.2 Å². The number of aromatic nitrogens is 1. The fourth-order valence-electron chi connectivity index (χ4n) is 3.60. The van der Waals surface area contributed by atoms with Crippen LogP contribution in [-0.2, 0) is 4.79 Å². The molecular weight excluding hydrogens is 304 g/mol. The quantitative estimate of drug-likeness (QED) is 0.842. The van der Waals surface area contributed by atoms with Crippen LogP contribution in [0.25, 0.3) is 11.1 Å². The van der Waals surface area contributed by atoms with Gasteiger partial charge in [-0.2, -0.15) is 4.98 Å². The number of carbonyl (C=O) groups excluding carboxylic acids is 1. The number of nitrogens with zero attached hydrogens (tertiary/aromatic N) is 4. The maximum Gasteiger partial charge on any atom is 0.298 e. The summed E-state index contributed by atoms with van der Waals surface area (Å²) in [5.74, 6) is 0.481. The molecule has 2 aliphatic rings. The van der Waals surface area contributed by atoms with Gasteiger partial charge in [-0.3, -0.25) is 4.79 Å². The van der Waals surface area contributed by atoms with Crippen LogP contribution in [0, 0.1) is 5.92 Å². The predicted octanol–water partition coefficient (Wildman–Crippen LogP) is 1.82. The van der Waals surface area contributed by atoms with E-state index in [4.69, 9.17) is 4.42 Å². The lowest BCUT2D eigenvalue weighted by Crippen LogP contribution is -2.50. The first kappa shape index (κ1) is 15.4. The Morgan fingerprint density at radius 1 is 1.08 bits per heavy atom. The molecule has 0 unspecified atom stereocenters. The summed E-state index contributed by atoms with van der Waals surface area (Å²) in [7, 11) is 2.11. The van der Waals surface area contributed by atoms with E-state index in [-0.39, 0.29) is 5.92 Å². The van der Waals surface area contributed by atoms with Crippen LogP contribution in [0.4, 0.5) is 6.01 Å². The van der Waals surface area contributed by atoms with E-state index in [1.54, 1.807) is 0 Å². The van der Waals surface area contributed by atoms with E-state index in [2.05, 4.69) is 21.8 Å². The third kappa shape index (κ3) is 2.98. The van der Waals surface area contributed by atoms with Crippen LogP contribution in [0.2, 0.25) is 0 Å². The van der Waals surface area contributed by atoms with Gasteiger partial charge in [-0.05, 0) is 32.0 Å². The molecule has 3 heterocycles. The molecule has 0 aliphatic carbocycles. The highest BCUT2D eigenvalue weighted by Gasteiger charge is 2.31. The van der Waals surface area contributed by atoms with Crippen molar-refractivity contribution in [1.82, 2.24) is 14.8 Å². The molecule has 2 fully saturated rings. The number of piperazine rings is 1. The minimum atomic E-state index is 0.147. The average molecular weight is 328 g/mol. The molecule has 0 spiro atoms. The van der Waals surface area contributed by atoms with Gasteiger partial charge in [0.15, 0.2) is 5.58 Å². The van der Waals surface area contributed by atoms with Gasteiger partial charge in [0.05, 0.1) is 0 Å². The molecule has 6 heteroatoms. The third-order valence-corrected chi connectivity index (χ3v) is 5.21. The number of oxazole rings is 1. The Morgan fingerprint density at radius 2 is 1.79 bits per heavy atom. The minimum Gasteiger partial charge on any atom is -0.423 e. The fourth-order valence-corrected chi connectivity index (χ4v) is 3.60. The Labute approximate surface area is 142 Å². The van der Waals surface area contributed by atoms with Crippen LogP contribution in [0.1, 0.15) is 12.8 Å². The summed E-state index contributed by atoms with van der Waals surface area (Å²) in [6.07, 6.45) is 1.76. The van der Waals surface area contributed by atoms with E-state index in [0.29, 0.717) is 11.9 Å². The van der Waals surface area contributed by atoms with E-state index in [1.165, 1.54) is 0 Å². The highest BCUT2D eigenvalue weighted by molar-refractivity contribution is 5.79. The van der Waals surface area contributed by atoms with Crippen molar-refractivity contribution in [2.75, 3.05) is 51.2 Å². The number of rotatable bonds is 2.